The molecule has 0 amide bonds. The van der Waals surface area contributed by atoms with Crippen LogP contribution in [0.2, 0.25) is 0 Å². The van der Waals surface area contributed by atoms with Gasteiger partial charge in [0.1, 0.15) is 0 Å². The molecule has 0 saturated heterocycles. The highest BCUT2D eigenvalue weighted by Crippen LogP contribution is 2.50. The van der Waals surface area contributed by atoms with E-state index >= 15 is 0 Å². The van der Waals surface area contributed by atoms with E-state index in [0.717, 1.165) is 0 Å². The molecule has 0 aliphatic heterocycles. The number of hydrogen-bond acceptors (Lipinski definition) is 7. The van der Waals surface area contributed by atoms with E-state index in [0.29, 0.717) is 0 Å². The van der Waals surface area contributed by atoms with Crippen LogP contribution in [-0.2, 0) is 0 Å². The molecule has 0 aromatic heterocycles. The number of carboxylic acid groups (broad SMARTS) is 1. The molecule has 8 nitrogen and oxygen atoms in total. The molecule has 0 heterocycles. The molecule has 0 bridgehead atoms. The largest absolute Gasteiger partial charge is 0.503 e. The first kappa shape index (κ1) is 16.6. The van der Waals surface area contributed by atoms with Gasteiger partial charge < -0.3 is 35.7 Å². The molecule has 0 spiro atoms. The number of hydrogen-bond donors (Lipinski definition) is 7. The molecule has 108 valence electrons. The zero-order chi connectivity index (χ0) is 15.5. The summed E-state index contributed by atoms with van der Waals surface area (Å²) in [7, 11) is 0. The SMILES string of the molecule is CC(C)(C)O.O=C(O)c1c(O)c(O)c(O)c(O)c1O. The Bertz CT molecular complexity index is 451. The van der Waals surface area contributed by atoms with E-state index in [2.05, 4.69) is 0 Å². The second-order valence-electron chi connectivity index (χ2n) is 4.59. The van der Waals surface area contributed by atoms with Gasteiger partial charge in [-0.3, -0.25) is 0 Å². The zero-order valence-corrected chi connectivity index (χ0v) is 10.5. The van der Waals surface area contributed by atoms with E-state index in [4.69, 9.17) is 35.7 Å². The minimum absolute atomic E-state index is 0.500. The van der Waals surface area contributed by atoms with Gasteiger partial charge in [-0.2, -0.15) is 0 Å². The first-order chi connectivity index (χ1) is 8.37. The molecular weight excluding hydrogens is 260 g/mol. The number of phenolic OH excluding ortho intramolecular Hbond substituents is 3. The quantitative estimate of drug-likeness (QED) is 0.291. The number of aliphatic hydroxyl groups is 1. The molecule has 0 unspecified atom stereocenters. The van der Waals surface area contributed by atoms with Crippen LogP contribution in [-0.4, -0.2) is 47.3 Å². The Morgan fingerprint density at radius 1 is 0.789 bits per heavy atom. The van der Waals surface area contributed by atoms with Crippen LogP contribution in [0.25, 0.3) is 0 Å². The van der Waals surface area contributed by atoms with Gasteiger partial charge in [0, 0.05) is 0 Å². The van der Waals surface area contributed by atoms with Crippen LogP contribution >= 0.6 is 0 Å². The van der Waals surface area contributed by atoms with Crippen molar-refractivity contribution in [2.24, 2.45) is 0 Å². The van der Waals surface area contributed by atoms with Crippen LogP contribution in [0, 0.1) is 0 Å². The molecule has 0 radical (unpaired) electrons. The number of aromatic hydroxyl groups is 5. The summed E-state index contributed by atoms with van der Waals surface area (Å²) in [6.45, 7) is 5.23. The van der Waals surface area contributed by atoms with Crippen molar-refractivity contribution in [2.75, 3.05) is 0 Å². The Morgan fingerprint density at radius 3 is 1.21 bits per heavy atom. The second kappa shape index (κ2) is 5.53. The van der Waals surface area contributed by atoms with E-state index in [1.807, 2.05) is 0 Å². The van der Waals surface area contributed by atoms with Crippen molar-refractivity contribution >= 4 is 5.97 Å². The van der Waals surface area contributed by atoms with Gasteiger partial charge in [-0.15, -0.1) is 0 Å². The van der Waals surface area contributed by atoms with E-state index in [-0.39, 0.29) is 0 Å². The maximum absolute atomic E-state index is 10.4. The fourth-order valence-corrected chi connectivity index (χ4v) is 0.888. The second-order valence-corrected chi connectivity index (χ2v) is 4.59. The number of carboxylic acids is 1. The molecule has 19 heavy (non-hydrogen) atoms. The van der Waals surface area contributed by atoms with Gasteiger partial charge in [0.25, 0.3) is 0 Å². The standard InChI is InChI=1S/C7H6O7.C4H10O/c8-2-1(7(13)14)3(9)5(11)6(12)4(2)10;1-4(2,3)5/h8-12H,(H,13,14);5H,1-3H3. The van der Waals surface area contributed by atoms with Crippen LogP contribution in [0.15, 0.2) is 0 Å². The van der Waals surface area contributed by atoms with Gasteiger partial charge in [-0.05, 0) is 20.8 Å². The number of phenols is 5. The Balaban J connectivity index is 0.000000555. The summed E-state index contributed by atoms with van der Waals surface area (Å²) in [6.07, 6.45) is 0. The predicted molar refractivity (Wildman–Crippen MR) is 63.7 cm³/mol. The van der Waals surface area contributed by atoms with Crippen LogP contribution in [0.5, 0.6) is 28.7 Å². The van der Waals surface area contributed by atoms with Gasteiger partial charge in [-0.1, -0.05) is 0 Å². The molecule has 0 aliphatic carbocycles. The summed E-state index contributed by atoms with van der Waals surface area (Å²) in [5, 5.41) is 61.6. The Labute approximate surface area is 108 Å². The summed E-state index contributed by atoms with van der Waals surface area (Å²) in [6, 6.07) is 0. The Hall–Kier alpha value is -2.35. The van der Waals surface area contributed by atoms with E-state index in [1.54, 1.807) is 20.8 Å². The first-order valence-corrected chi connectivity index (χ1v) is 5.02. The minimum Gasteiger partial charge on any atom is -0.503 e. The number of rotatable bonds is 1. The topological polar surface area (TPSA) is 159 Å². The van der Waals surface area contributed by atoms with Crippen molar-refractivity contribution in [1.82, 2.24) is 0 Å². The summed E-state index contributed by atoms with van der Waals surface area (Å²) < 4.78 is 0. The third kappa shape index (κ3) is 4.43. The number of aromatic carboxylic acids is 1. The van der Waals surface area contributed by atoms with Gasteiger partial charge in [-0.25, -0.2) is 4.79 Å². The van der Waals surface area contributed by atoms with Crippen molar-refractivity contribution in [1.29, 1.82) is 0 Å². The lowest BCUT2D eigenvalue weighted by Gasteiger charge is -2.08. The summed E-state index contributed by atoms with van der Waals surface area (Å²) in [5.74, 6) is -7.80. The minimum atomic E-state index is -1.76. The lowest BCUT2D eigenvalue weighted by molar-refractivity contribution is 0.0688. The number of carbonyl (C=O) groups is 1. The van der Waals surface area contributed by atoms with Gasteiger partial charge in [0.15, 0.2) is 17.1 Å². The van der Waals surface area contributed by atoms with Crippen molar-refractivity contribution in [3.05, 3.63) is 5.56 Å². The molecule has 1 aromatic carbocycles. The van der Waals surface area contributed by atoms with Crippen LogP contribution in [0.3, 0.4) is 0 Å². The van der Waals surface area contributed by atoms with Gasteiger partial charge >= 0.3 is 5.97 Å². The average Bonchev–Trinajstić information content (AvgIpc) is 2.21. The third-order valence-electron chi connectivity index (χ3n) is 1.58. The first-order valence-electron chi connectivity index (χ1n) is 5.02. The van der Waals surface area contributed by atoms with E-state index in [9.17, 15) is 4.79 Å². The highest BCUT2D eigenvalue weighted by atomic mass is 16.4. The highest BCUT2D eigenvalue weighted by molar-refractivity contribution is 5.97. The number of benzene rings is 1. The summed E-state index contributed by atoms with van der Waals surface area (Å²) in [5.41, 5.74) is -1.59. The van der Waals surface area contributed by atoms with Gasteiger partial charge in [0.2, 0.25) is 17.2 Å². The molecule has 7 N–H and O–H groups in total. The van der Waals surface area contributed by atoms with E-state index < -0.39 is 45.9 Å². The van der Waals surface area contributed by atoms with Gasteiger partial charge in [0.05, 0.1) is 5.60 Å². The fourth-order valence-electron chi connectivity index (χ4n) is 0.888. The summed E-state index contributed by atoms with van der Waals surface area (Å²) in [4.78, 5) is 10.4. The maximum Gasteiger partial charge on any atom is 0.343 e. The van der Waals surface area contributed by atoms with Crippen LogP contribution in [0.4, 0.5) is 0 Å². The molecule has 1 aromatic rings. The van der Waals surface area contributed by atoms with E-state index in [1.165, 1.54) is 0 Å². The van der Waals surface area contributed by atoms with Crippen molar-refractivity contribution in [2.45, 2.75) is 26.4 Å². The third-order valence-corrected chi connectivity index (χ3v) is 1.58. The smallest absolute Gasteiger partial charge is 0.343 e. The zero-order valence-electron chi connectivity index (χ0n) is 10.5. The Morgan fingerprint density at radius 2 is 1.00 bits per heavy atom. The van der Waals surface area contributed by atoms with Crippen molar-refractivity contribution < 1.29 is 40.5 Å². The molecule has 0 atom stereocenters. The lowest BCUT2D eigenvalue weighted by atomic mass is 10.1. The maximum atomic E-state index is 10.4. The monoisotopic (exact) mass is 276 g/mol. The highest BCUT2D eigenvalue weighted by Gasteiger charge is 2.27. The normalized spacial score (nSPS) is 10.5. The van der Waals surface area contributed by atoms with Crippen LogP contribution in [0.1, 0.15) is 31.1 Å². The van der Waals surface area contributed by atoms with Crippen molar-refractivity contribution in [3.63, 3.8) is 0 Å². The lowest BCUT2D eigenvalue weighted by Crippen LogP contribution is -2.10. The van der Waals surface area contributed by atoms with Crippen molar-refractivity contribution in [3.8, 4) is 28.7 Å². The fraction of sp³-hybridized carbons (Fsp3) is 0.364. The van der Waals surface area contributed by atoms with Crippen LogP contribution < -0.4 is 0 Å². The molecule has 1 rings (SSSR count). The Kier molecular flexibility index (Phi) is 4.84. The molecule has 0 aliphatic rings. The molecular formula is C11H16O8. The molecule has 8 heteroatoms. The summed E-state index contributed by atoms with van der Waals surface area (Å²) >= 11 is 0. The molecule has 0 fully saturated rings. The molecule has 0 saturated carbocycles. The predicted octanol–water partition coefficient (Wildman–Crippen LogP) is 0.690. The average molecular weight is 276 g/mol.